The molecule has 0 spiro atoms. The van der Waals surface area contributed by atoms with Crippen molar-refractivity contribution in [2.24, 2.45) is 14.7 Å². The lowest BCUT2D eigenvalue weighted by Crippen LogP contribution is -2.35. The lowest BCUT2D eigenvalue weighted by Gasteiger charge is -2.15. The van der Waals surface area contributed by atoms with E-state index in [1.54, 1.807) is 26.2 Å². The van der Waals surface area contributed by atoms with Gasteiger partial charge in [-0.05, 0) is 38.0 Å². The van der Waals surface area contributed by atoms with Crippen LogP contribution < -0.4 is 10.6 Å². The molecule has 1 amide bonds. The van der Waals surface area contributed by atoms with Gasteiger partial charge in [-0.1, -0.05) is 26.8 Å². The Morgan fingerprint density at radius 2 is 1.71 bits per heavy atom. The first-order chi connectivity index (χ1) is 16.6. The van der Waals surface area contributed by atoms with Crippen LogP contribution in [0.1, 0.15) is 45.0 Å². The monoisotopic (exact) mass is 503 g/mol. The van der Waals surface area contributed by atoms with Crippen LogP contribution in [0.15, 0.2) is 38.8 Å². The maximum absolute atomic E-state index is 12.1. The van der Waals surface area contributed by atoms with Gasteiger partial charge in [-0.15, -0.1) is 34.5 Å². The van der Waals surface area contributed by atoms with Crippen molar-refractivity contribution < 1.29 is 18.8 Å². The molecule has 1 aromatic rings. The maximum Gasteiger partial charge on any atom is 0.269 e. The number of hydrogen-bond acceptors (Lipinski definition) is 6. The molecular formula is C25H37N5O4S. The number of rotatable bonds is 6. The van der Waals surface area contributed by atoms with E-state index >= 15 is 0 Å². The van der Waals surface area contributed by atoms with Crippen molar-refractivity contribution in [3.63, 3.8) is 0 Å². The molecule has 9 nitrogen and oxygen atoms in total. The van der Waals surface area contributed by atoms with Crippen molar-refractivity contribution in [3.05, 3.63) is 35.6 Å². The molecule has 1 atom stereocenters. The molecule has 192 valence electrons. The molecule has 0 saturated carbocycles. The highest BCUT2D eigenvalue weighted by atomic mass is 32.2. The number of phenols is 1. The zero-order valence-corrected chi connectivity index (χ0v) is 22.3. The number of amides is 1. The maximum atomic E-state index is 12.1. The molecular weight excluding hydrogens is 466 g/mol. The predicted molar refractivity (Wildman–Crippen MR) is 146 cm³/mol. The van der Waals surface area contributed by atoms with E-state index in [0.717, 1.165) is 5.92 Å². The number of ether oxygens (including phenoxy) is 1. The number of benzene rings is 1. The van der Waals surface area contributed by atoms with E-state index in [0.29, 0.717) is 18.9 Å². The van der Waals surface area contributed by atoms with Crippen molar-refractivity contribution in [2.75, 3.05) is 32.6 Å². The number of hydrogen-bond donors (Lipinski definition) is 3. The number of allylic oxidation sites excluding steroid dienone is 1. The van der Waals surface area contributed by atoms with Crippen LogP contribution in [0, 0.1) is 31.6 Å². The summed E-state index contributed by atoms with van der Waals surface area (Å²) < 4.78 is 25.0. The molecule has 0 saturated heterocycles. The number of nitrogens with zero attached hydrogens (tertiary/aromatic N) is 3. The van der Waals surface area contributed by atoms with Crippen LogP contribution in [0.4, 0.5) is 5.69 Å². The highest BCUT2D eigenvalue weighted by Crippen LogP contribution is 2.28. The van der Waals surface area contributed by atoms with Gasteiger partial charge in [0.2, 0.25) is 0 Å². The Kier molecular flexibility index (Phi) is 17.8. The summed E-state index contributed by atoms with van der Waals surface area (Å²) in [6.45, 7) is 11.1. The second-order valence-electron chi connectivity index (χ2n) is 7.41. The summed E-state index contributed by atoms with van der Waals surface area (Å²) in [7, 11) is 3.19. The van der Waals surface area contributed by atoms with Gasteiger partial charge in [0.25, 0.3) is 17.1 Å². The van der Waals surface area contributed by atoms with E-state index < -0.39 is 11.2 Å². The fourth-order valence-corrected chi connectivity index (χ4v) is 2.88. The second kappa shape index (κ2) is 18.6. The highest BCUT2D eigenvalue weighted by Gasteiger charge is 2.22. The Labute approximate surface area is 212 Å². The van der Waals surface area contributed by atoms with Gasteiger partial charge in [0.15, 0.2) is 17.4 Å². The number of phenolic OH excluding ortho intramolecular Hbond substituents is 1. The van der Waals surface area contributed by atoms with Gasteiger partial charge in [-0.3, -0.25) is 4.79 Å². The summed E-state index contributed by atoms with van der Waals surface area (Å²) in [5, 5.41) is 16.3. The van der Waals surface area contributed by atoms with E-state index in [1.165, 1.54) is 11.0 Å². The van der Waals surface area contributed by atoms with Crippen LogP contribution in [-0.4, -0.2) is 59.0 Å². The van der Waals surface area contributed by atoms with Gasteiger partial charge in [0.05, 0.1) is 24.4 Å². The largest absolute Gasteiger partial charge is 0.505 e. The molecule has 1 aromatic carbocycles. The Hall–Kier alpha value is -3.76. The number of aromatic hydroxyl groups is 1. The van der Waals surface area contributed by atoms with Crippen molar-refractivity contribution in [2.45, 2.75) is 34.6 Å². The smallest absolute Gasteiger partial charge is 0.269 e. The molecule has 0 radical (unpaired) electrons. The molecule has 2 rings (SSSR count). The van der Waals surface area contributed by atoms with Gasteiger partial charge in [-0.2, -0.15) is 0 Å². The van der Waals surface area contributed by atoms with E-state index in [-0.39, 0.29) is 34.6 Å². The normalized spacial score (nSPS) is 13.8. The standard InChI is InChI=1S/C17H23N5O4S.C4H10.2C2H2/c1-5-11(26-6-2)10-18-15-16(21-27(25)20-15)19-13-9-7-8-12(14(13)23)17(24)22(3)4;1-4(2)3;2*1-2/h5,7-9,23H,6,10H2,1-4H3,(H,18,20)(H,19,21);4H,1-3H3;2*1-2H/b11-5-;;;. The minimum atomic E-state index is -1.77. The summed E-state index contributed by atoms with van der Waals surface area (Å²) in [4.78, 5) is 13.5. The van der Waals surface area contributed by atoms with E-state index in [9.17, 15) is 14.1 Å². The summed E-state index contributed by atoms with van der Waals surface area (Å²) in [6.07, 6.45) is 17.8. The third kappa shape index (κ3) is 12.3. The molecule has 1 heterocycles. The Balaban J connectivity index is 0. The average Bonchev–Trinajstić information content (AvgIpc) is 3.18. The lowest BCUT2D eigenvalue weighted by molar-refractivity contribution is 0.0824. The van der Waals surface area contributed by atoms with Crippen molar-refractivity contribution in [3.8, 4) is 31.4 Å². The molecule has 1 unspecified atom stereocenters. The van der Waals surface area contributed by atoms with Gasteiger partial charge < -0.3 is 25.4 Å². The molecule has 10 heteroatoms. The molecule has 3 N–H and O–H groups in total. The number of terminal acetylenes is 2. The fraction of sp³-hybridized carbons (Fsp3) is 0.400. The molecule has 0 bridgehead atoms. The highest BCUT2D eigenvalue weighted by molar-refractivity contribution is 7.83. The lowest BCUT2D eigenvalue weighted by atomic mass is 10.1. The molecule has 1 aliphatic rings. The number of amidine groups is 2. The van der Waals surface area contributed by atoms with Crippen LogP contribution in [0.3, 0.4) is 0 Å². The third-order valence-corrected chi connectivity index (χ3v) is 4.25. The molecule has 0 aromatic heterocycles. The topological polar surface area (TPSA) is 116 Å². The van der Waals surface area contributed by atoms with Crippen LogP contribution >= 0.6 is 0 Å². The Morgan fingerprint density at radius 3 is 2.20 bits per heavy atom. The first kappa shape index (κ1) is 33.4. The van der Waals surface area contributed by atoms with Gasteiger partial charge in [0.1, 0.15) is 5.76 Å². The number of nitrogens with one attached hydrogen (secondary N) is 2. The Bertz CT molecular complexity index is 954. The summed E-state index contributed by atoms with van der Waals surface area (Å²) >= 11 is -1.77. The first-order valence-electron chi connectivity index (χ1n) is 10.7. The van der Waals surface area contributed by atoms with E-state index in [4.69, 9.17) is 4.74 Å². The molecule has 0 aliphatic carbocycles. The van der Waals surface area contributed by atoms with E-state index in [1.807, 2.05) is 19.9 Å². The van der Waals surface area contributed by atoms with Crippen LogP contribution in [0.25, 0.3) is 0 Å². The van der Waals surface area contributed by atoms with Crippen molar-refractivity contribution >= 4 is 34.4 Å². The zero-order chi connectivity index (χ0) is 27.6. The Morgan fingerprint density at radius 1 is 1.17 bits per heavy atom. The first-order valence-corrected chi connectivity index (χ1v) is 11.8. The van der Waals surface area contributed by atoms with Crippen molar-refractivity contribution in [1.82, 2.24) is 10.2 Å². The van der Waals surface area contributed by atoms with Gasteiger partial charge in [0, 0.05) is 14.1 Å². The minimum Gasteiger partial charge on any atom is -0.505 e. The van der Waals surface area contributed by atoms with E-state index in [2.05, 4.69) is 65.9 Å². The number of carbonyl (C=O) groups is 1. The SMILES string of the molecule is C#C.C#C.C/C=C(/CNC1=NS(=O)N=C1Nc1cccc(C(=O)N(C)C)c1O)OCC.CC(C)C. The van der Waals surface area contributed by atoms with Crippen LogP contribution in [0.5, 0.6) is 5.75 Å². The third-order valence-electron chi connectivity index (χ3n) is 3.57. The van der Waals surface area contributed by atoms with Crippen LogP contribution in [0.2, 0.25) is 0 Å². The number of carbonyl (C=O) groups excluding carboxylic acids is 1. The van der Waals surface area contributed by atoms with Gasteiger partial charge in [-0.25, -0.2) is 4.21 Å². The second-order valence-corrected chi connectivity index (χ2v) is 8.24. The van der Waals surface area contributed by atoms with Crippen molar-refractivity contribution in [1.29, 1.82) is 0 Å². The summed E-state index contributed by atoms with van der Waals surface area (Å²) in [5.41, 5.74) is 0.398. The average molecular weight is 504 g/mol. The molecule has 0 fully saturated rings. The number of para-hydroxylation sites is 1. The minimum absolute atomic E-state index is 0.142. The number of anilines is 1. The van der Waals surface area contributed by atoms with Crippen LogP contribution in [-0.2, 0) is 15.9 Å². The van der Waals surface area contributed by atoms with Gasteiger partial charge >= 0.3 is 0 Å². The summed E-state index contributed by atoms with van der Waals surface area (Å²) in [6, 6.07) is 4.73. The zero-order valence-electron chi connectivity index (χ0n) is 21.5. The molecule has 35 heavy (non-hydrogen) atoms. The quantitative estimate of drug-likeness (QED) is 0.310. The summed E-state index contributed by atoms with van der Waals surface area (Å²) in [5.74, 6) is 1.45. The fourth-order valence-electron chi connectivity index (χ4n) is 2.24. The predicted octanol–water partition coefficient (Wildman–Crippen LogP) is 3.59. The molecule has 1 aliphatic heterocycles.